The van der Waals surface area contributed by atoms with E-state index >= 15 is 0 Å². The van der Waals surface area contributed by atoms with Crippen molar-refractivity contribution in [1.82, 2.24) is 9.55 Å². The molecule has 3 heteroatoms. The first kappa shape index (κ1) is 12.9. The lowest BCUT2D eigenvalue weighted by Gasteiger charge is -2.07. The van der Waals surface area contributed by atoms with Gasteiger partial charge in [-0.05, 0) is 43.2 Å². The average molecular weight is 265 g/mol. The van der Waals surface area contributed by atoms with Crippen LogP contribution in [0, 0.1) is 13.8 Å². The van der Waals surface area contributed by atoms with E-state index in [0.717, 1.165) is 22.4 Å². The third-order valence-electron chi connectivity index (χ3n) is 3.81. The predicted octanol–water partition coefficient (Wildman–Crippen LogP) is 3.32. The number of rotatable bonds is 2. The number of benzene rings is 2. The minimum atomic E-state index is 0.547. The number of aryl methyl sites for hydroxylation is 3. The molecule has 0 radical (unpaired) electrons. The molecular weight excluding hydrogens is 246 g/mol. The number of imidazole rings is 1. The van der Waals surface area contributed by atoms with E-state index in [1.54, 1.807) is 0 Å². The Bertz CT molecular complexity index is 784. The molecule has 0 saturated carbocycles. The van der Waals surface area contributed by atoms with E-state index in [1.807, 2.05) is 0 Å². The first-order valence-electron chi connectivity index (χ1n) is 6.83. The summed E-state index contributed by atoms with van der Waals surface area (Å²) in [5.74, 6) is 1.01. The number of aromatic nitrogens is 2. The highest BCUT2D eigenvalue weighted by Crippen LogP contribution is 2.27. The zero-order valence-electron chi connectivity index (χ0n) is 12.1. The standard InChI is InChI=1S/C17H19N3/c1-11-4-5-12(2)14(8-11)17-19-15-9-13(10-18)6-7-16(15)20(17)3/h4-9H,10,18H2,1-3H3. The molecule has 20 heavy (non-hydrogen) atoms. The predicted molar refractivity (Wildman–Crippen MR) is 83.5 cm³/mol. The van der Waals surface area contributed by atoms with Gasteiger partial charge in [-0.3, -0.25) is 0 Å². The molecule has 0 amide bonds. The molecular formula is C17H19N3. The molecule has 3 rings (SSSR count). The van der Waals surface area contributed by atoms with E-state index in [0.29, 0.717) is 6.54 Å². The Hall–Kier alpha value is -2.13. The minimum absolute atomic E-state index is 0.547. The van der Waals surface area contributed by atoms with Crippen LogP contribution < -0.4 is 5.73 Å². The van der Waals surface area contributed by atoms with Crippen molar-refractivity contribution in [1.29, 1.82) is 0 Å². The van der Waals surface area contributed by atoms with Crippen molar-refractivity contribution < 1.29 is 0 Å². The first-order valence-corrected chi connectivity index (χ1v) is 6.83. The zero-order chi connectivity index (χ0) is 14.3. The van der Waals surface area contributed by atoms with Gasteiger partial charge in [-0.25, -0.2) is 4.98 Å². The fourth-order valence-electron chi connectivity index (χ4n) is 2.59. The molecule has 0 saturated heterocycles. The maximum absolute atomic E-state index is 5.71. The average Bonchev–Trinajstić information content (AvgIpc) is 2.78. The van der Waals surface area contributed by atoms with Gasteiger partial charge in [-0.15, -0.1) is 0 Å². The fraction of sp³-hybridized carbons (Fsp3) is 0.235. The fourth-order valence-corrected chi connectivity index (χ4v) is 2.59. The summed E-state index contributed by atoms with van der Waals surface area (Å²) < 4.78 is 2.15. The van der Waals surface area contributed by atoms with Gasteiger partial charge in [0.1, 0.15) is 5.82 Å². The van der Waals surface area contributed by atoms with Crippen LogP contribution in [0.3, 0.4) is 0 Å². The van der Waals surface area contributed by atoms with Gasteiger partial charge in [0.05, 0.1) is 11.0 Å². The van der Waals surface area contributed by atoms with Gasteiger partial charge in [0.2, 0.25) is 0 Å². The van der Waals surface area contributed by atoms with Crippen LogP contribution in [0.4, 0.5) is 0 Å². The second-order valence-corrected chi connectivity index (χ2v) is 5.34. The summed E-state index contributed by atoms with van der Waals surface area (Å²) in [6, 6.07) is 12.7. The van der Waals surface area contributed by atoms with E-state index in [9.17, 15) is 0 Å². The molecule has 3 aromatic rings. The van der Waals surface area contributed by atoms with Gasteiger partial charge < -0.3 is 10.3 Å². The second kappa shape index (κ2) is 4.76. The highest BCUT2D eigenvalue weighted by molar-refractivity contribution is 5.81. The van der Waals surface area contributed by atoms with Crippen LogP contribution in [0.25, 0.3) is 22.4 Å². The highest BCUT2D eigenvalue weighted by atomic mass is 15.1. The molecule has 102 valence electrons. The lowest BCUT2D eigenvalue weighted by molar-refractivity contribution is 0.956. The molecule has 2 N–H and O–H groups in total. The summed E-state index contributed by atoms with van der Waals surface area (Å²) in [6.45, 7) is 4.78. The summed E-state index contributed by atoms with van der Waals surface area (Å²) in [5, 5.41) is 0. The van der Waals surface area contributed by atoms with Crippen molar-refractivity contribution in [3.63, 3.8) is 0 Å². The Kier molecular flexibility index (Phi) is 3.07. The molecule has 2 aromatic carbocycles. The summed E-state index contributed by atoms with van der Waals surface area (Å²) in [6.07, 6.45) is 0. The van der Waals surface area contributed by atoms with Gasteiger partial charge in [-0.2, -0.15) is 0 Å². The van der Waals surface area contributed by atoms with E-state index in [1.165, 1.54) is 16.7 Å². The maximum atomic E-state index is 5.71. The SMILES string of the molecule is Cc1ccc(C)c(-c2nc3cc(CN)ccc3n2C)c1. The van der Waals surface area contributed by atoms with Crippen molar-refractivity contribution in [2.24, 2.45) is 12.8 Å². The van der Waals surface area contributed by atoms with Crippen molar-refractivity contribution in [3.8, 4) is 11.4 Å². The second-order valence-electron chi connectivity index (χ2n) is 5.34. The maximum Gasteiger partial charge on any atom is 0.141 e. The van der Waals surface area contributed by atoms with E-state index in [2.05, 4.69) is 61.9 Å². The largest absolute Gasteiger partial charge is 0.327 e. The molecule has 0 aliphatic heterocycles. The van der Waals surface area contributed by atoms with Crippen LogP contribution in [0.5, 0.6) is 0 Å². The van der Waals surface area contributed by atoms with Gasteiger partial charge in [-0.1, -0.05) is 23.8 Å². The summed E-state index contributed by atoms with van der Waals surface area (Å²) >= 11 is 0. The minimum Gasteiger partial charge on any atom is -0.327 e. The molecule has 0 unspecified atom stereocenters. The van der Waals surface area contributed by atoms with Crippen LogP contribution in [0.2, 0.25) is 0 Å². The number of nitrogens with two attached hydrogens (primary N) is 1. The summed E-state index contributed by atoms with van der Waals surface area (Å²) in [5.41, 5.74) is 12.6. The van der Waals surface area contributed by atoms with Crippen molar-refractivity contribution >= 4 is 11.0 Å². The smallest absolute Gasteiger partial charge is 0.141 e. The molecule has 1 aromatic heterocycles. The third-order valence-corrected chi connectivity index (χ3v) is 3.81. The van der Waals surface area contributed by atoms with Gasteiger partial charge >= 0.3 is 0 Å². The molecule has 0 spiro atoms. The number of fused-ring (bicyclic) bond motifs is 1. The Morgan fingerprint density at radius 1 is 1.10 bits per heavy atom. The molecule has 0 aliphatic rings. The van der Waals surface area contributed by atoms with Gasteiger partial charge in [0.25, 0.3) is 0 Å². The van der Waals surface area contributed by atoms with Crippen LogP contribution in [-0.2, 0) is 13.6 Å². The van der Waals surface area contributed by atoms with Crippen molar-refractivity contribution in [2.75, 3.05) is 0 Å². The first-order chi connectivity index (χ1) is 9.60. The van der Waals surface area contributed by atoms with Crippen LogP contribution in [0.1, 0.15) is 16.7 Å². The van der Waals surface area contributed by atoms with Crippen LogP contribution in [-0.4, -0.2) is 9.55 Å². The van der Waals surface area contributed by atoms with Crippen molar-refractivity contribution in [3.05, 3.63) is 53.1 Å². The molecule has 1 heterocycles. The lowest BCUT2D eigenvalue weighted by Crippen LogP contribution is -1.96. The lowest BCUT2D eigenvalue weighted by atomic mass is 10.1. The quantitative estimate of drug-likeness (QED) is 0.772. The van der Waals surface area contributed by atoms with E-state index < -0.39 is 0 Å². The summed E-state index contributed by atoms with van der Waals surface area (Å²) in [4.78, 5) is 4.80. The van der Waals surface area contributed by atoms with E-state index in [4.69, 9.17) is 10.7 Å². The topological polar surface area (TPSA) is 43.8 Å². The molecule has 0 atom stereocenters. The van der Waals surface area contributed by atoms with Crippen molar-refractivity contribution in [2.45, 2.75) is 20.4 Å². The Balaban J connectivity index is 2.26. The Labute approximate surface area is 119 Å². The molecule has 3 nitrogen and oxygen atoms in total. The third kappa shape index (κ3) is 2.00. The molecule has 0 aliphatic carbocycles. The normalized spacial score (nSPS) is 11.2. The molecule has 0 fully saturated rings. The number of nitrogens with zero attached hydrogens (tertiary/aromatic N) is 2. The van der Waals surface area contributed by atoms with Crippen LogP contribution in [0.15, 0.2) is 36.4 Å². The van der Waals surface area contributed by atoms with E-state index in [-0.39, 0.29) is 0 Å². The monoisotopic (exact) mass is 265 g/mol. The highest BCUT2D eigenvalue weighted by Gasteiger charge is 2.12. The Morgan fingerprint density at radius 3 is 2.65 bits per heavy atom. The number of hydrogen-bond donors (Lipinski definition) is 1. The number of hydrogen-bond acceptors (Lipinski definition) is 2. The van der Waals surface area contributed by atoms with Gasteiger partial charge in [0, 0.05) is 19.2 Å². The van der Waals surface area contributed by atoms with Gasteiger partial charge in [0.15, 0.2) is 0 Å². The summed E-state index contributed by atoms with van der Waals surface area (Å²) in [7, 11) is 2.06. The molecule has 0 bridgehead atoms. The Morgan fingerprint density at radius 2 is 1.90 bits per heavy atom. The zero-order valence-corrected chi connectivity index (χ0v) is 12.1. The van der Waals surface area contributed by atoms with Crippen LogP contribution >= 0.6 is 0 Å².